The van der Waals surface area contributed by atoms with Crippen LogP contribution in [0.15, 0.2) is 29.3 Å². The molecule has 0 spiro atoms. The summed E-state index contributed by atoms with van der Waals surface area (Å²) in [7, 11) is 0. The topological polar surface area (TPSA) is 98.3 Å². The Kier molecular flexibility index (Phi) is 2.60. The summed E-state index contributed by atoms with van der Waals surface area (Å²) in [5.41, 5.74) is 4.66. The van der Waals surface area contributed by atoms with Gasteiger partial charge in [0.1, 0.15) is 12.1 Å². The zero-order chi connectivity index (χ0) is 14.3. The minimum atomic E-state index is -0.829. The molecule has 0 fully saturated rings. The first-order chi connectivity index (χ1) is 9.54. The van der Waals surface area contributed by atoms with Crippen LogP contribution < -0.4 is 16.2 Å². The number of halogens is 2. The molecule has 0 atom stereocenters. The molecule has 0 unspecified atom stereocenters. The van der Waals surface area contributed by atoms with E-state index >= 15 is 0 Å². The third-order valence-corrected chi connectivity index (χ3v) is 2.55. The minimum absolute atomic E-state index is 0.0421. The van der Waals surface area contributed by atoms with Gasteiger partial charge in [-0.25, -0.2) is 28.1 Å². The number of aromatic amines is 1. The molecule has 1 aromatic carbocycles. The van der Waals surface area contributed by atoms with Crippen LogP contribution in [0.4, 0.5) is 14.5 Å². The Morgan fingerprint density at radius 2 is 2.05 bits per heavy atom. The summed E-state index contributed by atoms with van der Waals surface area (Å²) in [6, 6.07) is 2.92. The number of nitrogens with one attached hydrogen (secondary N) is 1. The van der Waals surface area contributed by atoms with Gasteiger partial charge in [-0.1, -0.05) is 0 Å². The van der Waals surface area contributed by atoms with E-state index in [1.165, 1.54) is 6.07 Å². The van der Waals surface area contributed by atoms with Crippen LogP contribution in [-0.4, -0.2) is 19.6 Å². The molecule has 2 heterocycles. The maximum atomic E-state index is 13.6. The first kappa shape index (κ1) is 12.1. The number of nitrogen functional groups attached to an aromatic ring is 1. The van der Waals surface area contributed by atoms with Crippen LogP contribution in [0.25, 0.3) is 5.65 Å². The quantitative estimate of drug-likeness (QED) is 0.684. The van der Waals surface area contributed by atoms with Gasteiger partial charge in [0, 0.05) is 18.2 Å². The van der Waals surface area contributed by atoms with E-state index in [2.05, 4.69) is 15.2 Å². The smallest absolute Gasteiger partial charge is 0.348 e. The van der Waals surface area contributed by atoms with Crippen molar-refractivity contribution in [1.82, 2.24) is 19.6 Å². The first-order valence-corrected chi connectivity index (χ1v) is 5.40. The molecule has 0 bridgehead atoms. The zero-order valence-electron chi connectivity index (χ0n) is 9.80. The second-order valence-electron chi connectivity index (χ2n) is 3.89. The maximum Gasteiger partial charge on any atom is 0.348 e. The Labute approximate surface area is 109 Å². The van der Waals surface area contributed by atoms with Crippen molar-refractivity contribution in [3.8, 4) is 11.6 Å². The zero-order valence-corrected chi connectivity index (χ0v) is 9.80. The van der Waals surface area contributed by atoms with Crippen molar-refractivity contribution in [3.05, 3.63) is 46.6 Å². The fourth-order valence-electron chi connectivity index (χ4n) is 1.58. The summed E-state index contributed by atoms with van der Waals surface area (Å²) in [5.74, 6) is -2.05. The van der Waals surface area contributed by atoms with Gasteiger partial charge in [0.25, 0.3) is 0 Å². The summed E-state index contributed by atoms with van der Waals surface area (Å²) in [5, 5.41) is 5.90. The third kappa shape index (κ3) is 1.94. The third-order valence-electron chi connectivity index (χ3n) is 2.55. The summed E-state index contributed by atoms with van der Waals surface area (Å²) < 4.78 is 33.1. The molecule has 9 heteroatoms. The van der Waals surface area contributed by atoms with Crippen LogP contribution in [0.3, 0.4) is 0 Å². The van der Waals surface area contributed by atoms with Crippen LogP contribution in [0.5, 0.6) is 11.6 Å². The summed E-state index contributed by atoms with van der Waals surface area (Å²) in [4.78, 5) is 15.0. The van der Waals surface area contributed by atoms with Crippen molar-refractivity contribution >= 4 is 11.3 Å². The lowest BCUT2D eigenvalue weighted by Crippen LogP contribution is -2.09. The van der Waals surface area contributed by atoms with E-state index in [1.807, 2.05) is 0 Å². The van der Waals surface area contributed by atoms with Gasteiger partial charge >= 0.3 is 5.69 Å². The monoisotopic (exact) mass is 279 g/mol. The lowest BCUT2D eigenvalue weighted by Gasteiger charge is -2.07. The number of nitrogens with zero attached hydrogens (tertiary/aromatic N) is 3. The van der Waals surface area contributed by atoms with Crippen LogP contribution in [0, 0.1) is 11.6 Å². The number of hydrogen-bond acceptors (Lipinski definition) is 5. The minimum Gasteiger partial charge on any atom is -0.436 e. The summed E-state index contributed by atoms with van der Waals surface area (Å²) >= 11 is 0. The predicted octanol–water partition coefficient (Wildman–Crippen LogP) is 1.07. The molecule has 3 N–H and O–H groups in total. The molecule has 0 saturated heterocycles. The van der Waals surface area contributed by atoms with Gasteiger partial charge in [0.2, 0.25) is 5.88 Å². The number of nitrogens with two attached hydrogens (primary N) is 1. The van der Waals surface area contributed by atoms with E-state index in [1.54, 1.807) is 0 Å². The number of rotatable bonds is 2. The van der Waals surface area contributed by atoms with E-state index in [4.69, 9.17) is 10.5 Å². The van der Waals surface area contributed by atoms with Crippen LogP contribution in [0.1, 0.15) is 0 Å². The number of benzene rings is 1. The van der Waals surface area contributed by atoms with Crippen molar-refractivity contribution in [2.45, 2.75) is 0 Å². The van der Waals surface area contributed by atoms with Gasteiger partial charge in [-0.2, -0.15) is 5.10 Å². The first-order valence-electron chi connectivity index (χ1n) is 5.40. The van der Waals surface area contributed by atoms with E-state index in [0.717, 1.165) is 22.9 Å². The van der Waals surface area contributed by atoms with Gasteiger partial charge in [0.05, 0.1) is 5.69 Å². The number of ether oxygens (including phenoxy) is 1. The molecule has 20 heavy (non-hydrogen) atoms. The van der Waals surface area contributed by atoms with Gasteiger partial charge < -0.3 is 10.5 Å². The molecule has 2 aromatic heterocycles. The molecule has 3 aromatic rings. The largest absolute Gasteiger partial charge is 0.436 e. The van der Waals surface area contributed by atoms with E-state index in [-0.39, 0.29) is 23.0 Å². The molecule has 0 aliphatic rings. The highest BCUT2D eigenvalue weighted by atomic mass is 19.1. The van der Waals surface area contributed by atoms with Gasteiger partial charge in [-0.05, 0) is 0 Å². The number of fused-ring (bicyclic) bond motifs is 1. The number of anilines is 1. The second kappa shape index (κ2) is 4.30. The highest BCUT2D eigenvalue weighted by Gasteiger charge is 2.11. The molecule has 0 aliphatic carbocycles. The van der Waals surface area contributed by atoms with Crippen LogP contribution in [0.2, 0.25) is 0 Å². The number of H-pyrrole nitrogens is 1. The van der Waals surface area contributed by atoms with Gasteiger partial charge in [-0.3, -0.25) is 0 Å². The van der Waals surface area contributed by atoms with Gasteiger partial charge in [0.15, 0.2) is 17.2 Å². The molecular weight excluding hydrogens is 272 g/mol. The second-order valence-corrected chi connectivity index (χ2v) is 3.89. The maximum absolute atomic E-state index is 13.6. The lowest BCUT2D eigenvalue weighted by atomic mass is 10.3. The Morgan fingerprint density at radius 1 is 1.25 bits per heavy atom. The highest BCUT2D eigenvalue weighted by molar-refractivity contribution is 5.46. The molecule has 0 radical (unpaired) electrons. The van der Waals surface area contributed by atoms with Crippen LogP contribution in [-0.2, 0) is 0 Å². The van der Waals surface area contributed by atoms with Crippen molar-refractivity contribution in [1.29, 1.82) is 0 Å². The average molecular weight is 279 g/mol. The van der Waals surface area contributed by atoms with Crippen molar-refractivity contribution in [2.75, 3.05) is 5.73 Å². The Bertz CT molecular complexity index is 858. The normalized spacial score (nSPS) is 10.9. The van der Waals surface area contributed by atoms with E-state index in [9.17, 15) is 13.6 Å². The highest BCUT2D eigenvalue weighted by Crippen LogP contribution is 2.26. The number of aromatic nitrogens is 4. The van der Waals surface area contributed by atoms with Crippen molar-refractivity contribution in [3.63, 3.8) is 0 Å². The lowest BCUT2D eigenvalue weighted by molar-refractivity contribution is 0.422. The molecule has 7 nitrogen and oxygen atoms in total. The SMILES string of the molecule is Nc1cc(F)c(Oc2cc3n[nH]c(=O)n3cn2)cc1F. The Hall–Kier alpha value is -2.97. The summed E-state index contributed by atoms with van der Waals surface area (Å²) in [6.07, 6.45) is 1.15. The van der Waals surface area contributed by atoms with Crippen molar-refractivity contribution < 1.29 is 13.5 Å². The van der Waals surface area contributed by atoms with E-state index < -0.39 is 17.3 Å². The number of hydrogen-bond donors (Lipinski definition) is 2. The Balaban J connectivity index is 2.00. The molecule has 3 rings (SSSR count). The molecular formula is C11H7F2N5O2. The van der Waals surface area contributed by atoms with Crippen molar-refractivity contribution in [2.24, 2.45) is 0 Å². The molecule has 0 amide bonds. The summed E-state index contributed by atoms with van der Waals surface area (Å²) in [6.45, 7) is 0. The standard InChI is InChI=1S/C11H7F2N5O2/c12-5-2-8(6(13)1-7(5)14)20-10-3-9-16-17-11(19)18(9)4-15-10/h1-4H,14H2,(H,17,19). The van der Waals surface area contributed by atoms with Gasteiger partial charge in [-0.15, -0.1) is 0 Å². The fraction of sp³-hybridized carbons (Fsp3) is 0. The van der Waals surface area contributed by atoms with E-state index in [0.29, 0.717) is 0 Å². The molecule has 0 saturated carbocycles. The molecule has 0 aliphatic heterocycles. The van der Waals surface area contributed by atoms with Crippen LogP contribution >= 0.6 is 0 Å². The Morgan fingerprint density at radius 3 is 2.85 bits per heavy atom. The molecule has 102 valence electrons. The average Bonchev–Trinajstić information content (AvgIpc) is 2.77. The predicted molar refractivity (Wildman–Crippen MR) is 64.5 cm³/mol. The fourth-order valence-corrected chi connectivity index (χ4v) is 1.58.